The second-order valence-electron chi connectivity index (χ2n) is 3.81. The normalized spacial score (nSPS) is 11.6. The SMILES string of the molecule is FC(F)(F)c1cnc(NCCc2cccs2)c(Cl)c1. The van der Waals surface area contributed by atoms with E-state index in [1.807, 2.05) is 17.5 Å². The lowest BCUT2D eigenvalue weighted by molar-refractivity contribution is -0.137. The Morgan fingerprint density at radius 2 is 2.16 bits per heavy atom. The van der Waals surface area contributed by atoms with E-state index < -0.39 is 11.7 Å². The Bertz CT molecular complexity index is 540. The van der Waals surface area contributed by atoms with E-state index in [1.54, 1.807) is 11.3 Å². The van der Waals surface area contributed by atoms with E-state index in [0.717, 1.165) is 18.7 Å². The molecule has 0 unspecified atom stereocenters. The van der Waals surface area contributed by atoms with Crippen LogP contribution in [0.25, 0.3) is 0 Å². The molecule has 0 atom stereocenters. The van der Waals surface area contributed by atoms with Crippen molar-refractivity contribution in [2.45, 2.75) is 12.6 Å². The molecule has 7 heteroatoms. The van der Waals surface area contributed by atoms with Gasteiger partial charge in [-0.05, 0) is 23.9 Å². The van der Waals surface area contributed by atoms with Crippen LogP contribution in [0.1, 0.15) is 10.4 Å². The van der Waals surface area contributed by atoms with Crippen LogP contribution in [0, 0.1) is 0 Å². The fourth-order valence-corrected chi connectivity index (χ4v) is 2.42. The Labute approximate surface area is 117 Å². The molecule has 2 nitrogen and oxygen atoms in total. The topological polar surface area (TPSA) is 24.9 Å². The summed E-state index contributed by atoms with van der Waals surface area (Å²) >= 11 is 7.40. The molecule has 2 aromatic rings. The summed E-state index contributed by atoms with van der Waals surface area (Å²) < 4.78 is 37.3. The monoisotopic (exact) mass is 306 g/mol. The summed E-state index contributed by atoms with van der Waals surface area (Å²) in [5.41, 5.74) is -0.846. The van der Waals surface area contributed by atoms with Crippen LogP contribution in [-0.4, -0.2) is 11.5 Å². The summed E-state index contributed by atoms with van der Waals surface area (Å²) in [7, 11) is 0. The number of hydrogen-bond acceptors (Lipinski definition) is 3. The molecule has 0 aliphatic rings. The van der Waals surface area contributed by atoms with E-state index in [0.29, 0.717) is 6.54 Å². The van der Waals surface area contributed by atoms with Crippen LogP contribution in [0.15, 0.2) is 29.8 Å². The van der Waals surface area contributed by atoms with Crippen molar-refractivity contribution in [3.8, 4) is 0 Å². The number of nitrogens with zero attached hydrogens (tertiary/aromatic N) is 1. The predicted octanol–water partition coefficient (Wildman–Crippen LogP) is 4.47. The van der Waals surface area contributed by atoms with E-state index in [2.05, 4.69) is 10.3 Å². The van der Waals surface area contributed by atoms with Crippen LogP contribution >= 0.6 is 22.9 Å². The van der Waals surface area contributed by atoms with Gasteiger partial charge in [0.15, 0.2) is 0 Å². The first-order chi connectivity index (χ1) is 8.97. The first kappa shape index (κ1) is 14.1. The number of alkyl halides is 3. The zero-order valence-electron chi connectivity index (χ0n) is 9.67. The molecule has 0 saturated heterocycles. The van der Waals surface area contributed by atoms with Gasteiger partial charge in [0.05, 0.1) is 10.6 Å². The minimum absolute atomic E-state index is 0.0268. The summed E-state index contributed by atoms with van der Waals surface area (Å²) in [4.78, 5) is 4.89. The fourth-order valence-electron chi connectivity index (χ4n) is 1.48. The highest BCUT2D eigenvalue weighted by atomic mass is 35.5. The van der Waals surface area contributed by atoms with Gasteiger partial charge in [0.25, 0.3) is 0 Å². The maximum atomic E-state index is 12.4. The second kappa shape index (κ2) is 5.79. The van der Waals surface area contributed by atoms with Crippen LogP contribution in [0.3, 0.4) is 0 Å². The summed E-state index contributed by atoms with van der Waals surface area (Å²) in [6, 6.07) is 4.82. The van der Waals surface area contributed by atoms with Gasteiger partial charge in [0.1, 0.15) is 5.82 Å². The van der Waals surface area contributed by atoms with Crippen LogP contribution < -0.4 is 5.32 Å². The van der Waals surface area contributed by atoms with Gasteiger partial charge in [-0.15, -0.1) is 11.3 Å². The third-order valence-electron chi connectivity index (χ3n) is 2.41. The number of nitrogens with one attached hydrogen (secondary N) is 1. The van der Waals surface area contributed by atoms with E-state index in [-0.39, 0.29) is 10.8 Å². The third-order valence-corrected chi connectivity index (χ3v) is 3.64. The second-order valence-corrected chi connectivity index (χ2v) is 5.25. The van der Waals surface area contributed by atoms with E-state index >= 15 is 0 Å². The van der Waals surface area contributed by atoms with Gasteiger partial charge < -0.3 is 5.32 Å². The summed E-state index contributed by atoms with van der Waals surface area (Å²) in [6.07, 6.45) is -2.87. The number of halogens is 4. The third kappa shape index (κ3) is 3.84. The molecule has 0 radical (unpaired) electrons. The zero-order valence-corrected chi connectivity index (χ0v) is 11.2. The lowest BCUT2D eigenvalue weighted by Crippen LogP contribution is -2.09. The number of pyridine rings is 1. The van der Waals surface area contributed by atoms with Gasteiger partial charge in [0.2, 0.25) is 0 Å². The van der Waals surface area contributed by atoms with E-state index in [1.165, 1.54) is 4.88 Å². The van der Waals surface area contributed by atoms with Crippen LogP contribution in [-0.2, 0) is 12.6 Å². The minimum Gasteiger partial charge on any atom is -0.368 e. The molecule has 2 rings (SSSR count). The standard InChI is InChI=1S/C12H10ClF3N2S/c13-10-6-8(12(14,15)16)7-18-11(10)17-4-3-9-2-1-5-19-9/h1-2,5-7H,3-4H2,(H,17,18). The molecule has 0 aromatic carbocycles. The molecular formula is C12H10ClF3N2S. The molecule has 0 aliphatic carbocycles. The zero-order chi connectivity index (χ0) is 13.9. The maximum Gasteiger partial charge on any atom is 0.417 e. The average molecular weight is 307 g/mol. The Morgan fingerprint density at radius 3 is 2.74 bits per heavy atom. The molecule has 102 valence electrons. The smallest absolute Gasteiger partial charge is 0.368 e. The lowest BCUT2D eigenvalue weighted by Gasteiger charge is -2.10. The Balaban J connectivity index is 1.97. The van der Waals surface area contributed by atoms with Crippen molar-refractivity contribution in [2.75, 3.05) is 11.9 Å². The molecule has 0 saturated carbocycles. The number of aromatic nitrogens is 1. The summed E-state index contributed by atoms with van der Waals surface area (Å²) in [5, 5.41) is 4.87. The molecule has 0 spiro atoms. The summed E-state index contributed by atoms with van der Waals surface area (Å²) in [6.45, 7) is 0.568. The molecule has 19 heavy (non-hydrogen) atoms. The van der Waals surface area contributed by atoms with Gasteiger partial charge in [-0.2, -0.15) is 13.2 Å². The first-order valence-electron chi connectivity index (χ1n) is 5.46. The molecular weight excluding hydrogens is 297 g/mol. The average Bonchev–Trinajstić information content (AvgIpc) is 2.83. The van der Waals surface area contributed by atoms with Crippen molar-refractivity contribution < 1.29 is 13.2 Å². The van der Waals surface area contributed by atoms with Crippen LogP contribution in [0.2, 0.25) is 5.02 Å². The molecule has 0 bridgehead atoms. The number of hydrogen-bond donors (Lipinski definition) is 1. The predicted molar refractivity (Wildman–Crippen MR) is 70.8 cm³/mol. The molecule has 0 aliphatic heterocycles. The summed E-state index contributed by atoms with van der Waals surface area (Å²) in [5.74, 6) is 0.270. The van der Waals surface area contributed by atoms with Crippen molar-refractivity contribution in [3.63, 3.8) is 0 Å². The lowest BCUT2D eigenvalue weighted by atomic mass is 10.2. The molecule has 2 aromatic heterocycles. The van der Waals surface area contributed by atoms with E-state index in [4.69, 9.17) is 11.6 Å². The van der Waals surface area contributed by atoms with Gasteiger partial charge in [-0.25, -0.2) is 4.98 Å². The first-order valence-corrected chi connectivity index (χ1v) is 6.71. The van der Waals surface area contributed by atoms with Gasteiger partial charge in [-0.3, -0.25) is 0 Å². The Hall–Kier alpha value is -1.27. The van der Waals surface area contributed by atoms with Gasteiger partial charge in [-0.1, -0.05) is 17.7 Å². The van der Waals surface area contributed by atoms with Crippen LogP contribution in [0.4, 0.5) is 19.0 Å². The highest BCUT2D eigenvalue weighted by molar-refractivity contribution is 7.09. The Kier molecular flexibility index (Phi) is 4.31. The number of rotatable bonds is 4. The Morgan fingerprint density at radius 1 is 1.37 bits per heavy atom. The quantitative estimate of drug-likeness (QED) is 0.901. The maximum absolute atomic E-state index is 12.4. The van der Waals surface area contributed by atoms with Crippen molar-refractivity contribution in [1.29, 1.82) is 0 Å². The molecule has 0 amide bonds. The van der Waals surface area contributed by atoms with Crippen molar-refractivity contribution in [3.05, 3.63) is 45.2 Å². The molecule has 2 heterocycles. The minimum atomic E-state index is -4.42. The van der Waals surface area contributed by atoms with Crippen molar-refractivity contribution >= 4 is 28.8 Å². The van der Waals surface area contributed by atoms with Gasteiger partial charge in [0, 0.05) is 17.6 Å². The number of anilines is 1. The molecule has 0 fully saturated rings. The van der Waals surface area contributed by atoms with Crippen LogP contribution in [0.5, 0.6) is 0 Å². The molecule has 1 N–H and O–H groups in total. The fraction of sp³-hybridized carbons (Fsp3) is 0.250. The largest absolute Gasteiger partial charge is 0.417 e. The van der Waals surface area contributed by atoms with Gasteiger partial charge >= 0.3 is 6.18 Å². The van der Waals surface area contributed by atoms with Crippen molar-refractivity contribution in [2.24, 2.45) is 0 Å². The van der Waals surface area contributed by atoms with Crippen molar-refractivity contribution in [1.82, 2.24) is 4.98 Å². The number of thiophene rings is 1. The van der Waals surface area contributed by atoms with E-state index in [9.17, 15) is 13.2 Å². The highest BCUT2D eigenvalue weighted by Gasteiger charge is 2.31. The highest BCUT2D eigenvalue weighted by Crippen LogP contribution is 2.32.